The molecule has 1 aliphatic heterocycles. The number of hydrogen-bond acceptors (Lipinski definition) is 2. The first-order valence-electron chi connectivity index (χ1n) is 5.01. The molecule has 2 rings (SSSR count). The fraction of sp³-hybridized carbons (Fsp3) is 0.385. The van der Waals surface area contributed by atoms with Crippen LogP contribution in [0.3, 0.4) is 0 Å². The van der Waals surface area contributed by atoms with Gasteiger partial charge in [-0.25, -0.2) is 0 Å². The van der Waals surface area contributed by atoms with Gasteiger partial charge in [0.15, 0.2) is 0 Å². The summed E-state index contributed by atoms with van der Waals surface area (Å²) in [6.07, 6.45) is 9.74. The topological polar surface area (TPSA) is 25.2 Å². The quantitative estimate of drug-likeness (QED) is 0.628. The maximum absolute atomic E-state index is 4.21. The summed E-state index contributed by atoms with van der Waals surface area (Å²) in [5.74, 6) is 0. The minimum Gasteiger partial charge on any atom is -0.259 e. The molecule has 0 spiro atoms. The van der Waals surface area contributed by atoms with E-state index in [0.29, 0.717) is 0 Å². The van der Waals surface area contributed by atoms with Crippen LogP contribution in [-0.2, 0) is 6.42 Å². The summed E-state index contributed by atoms with van der Waals surface area (Å²) in [5, 5.41) is 0. The molecule has 1 aromatic heterocycles. The van der Waals surface area contributed by atoms with Gasteiger partial charge in [-0.1, -0.05) is 33.8 Å². The molecule has 0 amide bonds. The van der Waals surface area contributed by atoms with E-state index in [2.05, 4.69) is 29.9 Å². The minimum absolute atomic E-state index is 0. The van der Waals surface area contributed by atoms with Crippen molar-refractivity contribution in [3.8, 4) is 0 Å². The molecule has 2 heterocycles. The lowest BCUT2D eigenvalue weighted by atomic mass is 10.2. The van der Waals surface area contributed by atoms with E-state index in [0.717, 1.165) is 17.8 Å². The van der Waals surface area contributed by atoms with Crippen molar-refractivity contribution >= 4 is 11.9 Å². The van der Waals surface area contributed by atoms with Gasteiger partial charge < -0.3 is 0 Å². The van der Waals surface area contributed by atoms with Gasteiger partial charge in [0.05, 0.1) is 11.4 Å². The van der Waals surface area contributed by atoms with E-state index < -0.39 is 0 Å². The molecule has 0 N–H and O–H groups in total. The Kier molecular flexibility index (Phi) is 7.16. The maximum atomic E-state index is 4.21. The number of aliphatic imine (C=N–C) groups is 1. The van der Waals surface area contributed by atoms with Crippen molar-refractivity contribution in [3.63, 3.8) is 0 Å². The molecule has 1 aromatic rings. The normalized spacial score (nSPS) is 11.6. The van der Waals surface area contributed by atoms with Gasteiger partial charge in [-0.2, -0.15) is 0 Å². The fourth-order valence-electron chi connectivity index (χ4n) is 1.07. The van der Waals surface area contributed by atoms with Crippen molar-refractivity contribution in [1.29, 1.82) is 0 Å². The maximum Gasteiger partial charge on any atom is 0.0848 e. The van der Waals surface area contributed by atoms with Crippen LogP contribution in [0.1, 0.15) is 33.4 Å². The lowest BCUT2D eigenvalue weighted by molar-refractivity contribution is 1.09. The summed E-state index contributed by atoms with van der Waals surface area (Å²) in [4.78, 5) is 8.43. The number of fused-ring (bicyclic) bond motifs is 1. The predicted molar refractivity (Wildman–Crippen MR) is 67.9 cm³/mol. The first kappa shape index (κ1) is 13.6. The van der Waals surface area contributed by atoms with Crippen molar-refractivity contribution in [2.75, 3.05) is 0 Å². The van der Waals surface area contributed by atoms with Crippen LogP contribution in [0.2, 0.25) is 0 Å². The molecule has 0 bridgehead atoms. The second kappa shape index (κ2) is 7.92. The lowest BCUT2D eigenvalue weighted by Crippen LogP contribution is -1.84. The largest absolute Gasteiger partial charge is 0.259 e. The Hall–Kier alpha value is -1.44. The molecule has 2 heteroatoms. The third-order valence-corrected chi connectivity index (χ3v) is 1.61. The van der Waals surface area contributed by atoms with Crippen molar-refractivity contribution in [1.82, 2.24) is 4.98 Å². The zero-order valence-electron chi connectivity index (χ0n) is 8.77. The molecule has 0 atom stereocenters. The van der Waals surface area contributed by atoms with E-state index in [1.54, 1.807) is 12.4 Å². The van der Waals surface area contributed by atoms with Gasteiger partial charge in [0.1, 0.15) is 0 Å². The van der Waals surface area contributed by atoms with E-state index >= 15 is 0 Å². The van der Waals surface area contributed by atoms with Crippen LogP contribution in [0.15, 0.2) is 35.5 Å². The molecular formula is C13H20N2. The Labute approximate surface area is 92.8 Å². The van der Waals surface area contributed by atoms with Crippen LogP contribution in [-0.4, -0.2) is 11.2 Å². The lowest BCUT2D eigenvalue weighted by Gasteiger charge is -1.97. The number of pyridine rings is 1. The second-order valence-corrected chi connectivity index (χ2v) is 3.09. The molecule has 1 aliphatic rings. The van der Waals surface area contributed by atoms with Crippen LogP contribution in [0.4, 0.5) is 5.69 Å². The molecule has 0 aromatic carbocycles. The predicted octanol–water partition coefficient (Wildman–Crippen LogP) is 3.95. The molecule has 0 unspecified atom stereocenters. The van der Waals surface area contributed by atoms with Gasteiger partial charge in [-0.3, -0.25) is 9.98 Å². The van der Waals surface area contributed by atoms with Crippen LogP contribution in [0.5, 0.6) is 0 Å². The van der Waals surface area contributed by atoms with Gasteiger partial charge in [0, 0.05) is 18.8 Å². The zero-order chi connectivity index (χ0) is 10.2. The van der Waals surface area contributed by atoms with Crippen molar-refractivity contribution in [3.05, 3.63) is 36.2 Å². The van der Waals surface area contributed by atoms with Crippen molar-refractivity contribution in [2.45, 2.75) is 34.1 Å². The summed E-state index contributed by atoms with van der Waals surface area (Å²) in [6, 6.07) is 3.88. The zero-order valence-corrected chi connectivity index (χ0v) is 8.77. The van der Waals surface area contributed by atoms with E-state index in [1.807, 2.05) is 18.2 Å². The number of aromatic nitrogens is 1. The summed E-state index contributed by atoms with van der Waals surface area (Å²) in [5.41, 5.74) is 2.04. The van der Waals surface area contributed by atoms with Crippen LogP contribution >= 0.6 is 0 Å². The Morgan fingerprint density at radius 3 is 2.80 bits per heavy atom. The highest BCUT2D eigenvalue weighted by Crippen LogP contribution is 2.17. The number of nitrogens with zero attached hydrogens (tertiary/aromatic N) is 2. The molecule has 0 aliphatic carbocycles. The van der Waals surface area contributed by atoms with Gasteiger partial charge in [-0.05, 0) is 18.2 Å². The van der Waals surface area contributed by atoms with Crippen LogP contribution in [0.25, 0.3) is 0 Å². The number of allylic oxidation sites excluding steroid dienone is 2. The van der Waals surface area contributed by atoms with Crippen molar-refractivity contribution < 1.29 is 0 Å². The highest BCUT2D eigenvalue weighted by atomic mass is 14.8. The SMILES string of the molecule is C.C1=CCc2ncccc2N=C1.CCC. The molecular weight excluding hydrogens is 184 g/mol. The molecule has 15 heavy (non-hydrogen) atoms. The Bertz CT molecular complexity index is 327. The van der Waals surface area contributed by atoms with Gasteiger partial charge in [-0.15, -0.1) is 0 Å². The average molecular weight is 204 g/mol. The van der Waals surface area contributed by atoms with E-state index in [4.69, 9.17) is 0 Å². The first-order valence-corrected chi connectivity index (χ1v) is 5.01. The smallest absolute Gasteiger partial charge is 0.0848 e. The van der Waals surface area contributed by atoms with E-state index in [-0.39, 0.29) is 7.43 Å². The highest BCUT2D eigenvalue weighted by molar-refractivity contribution is 5.76. The summed E-state index contributed by atoms with van der Waals surface area (Å²) < 4.78 is 0. The van der Waals surface area contributed by atoms with Crippen LogP contribution < -0.4 is 0 Å². The third-order valence-electron chi connectivity index (χ3n) is 1.61. The summed E-state index contributed by atoms with van der Waals surface area (Å²) in [7, 11) is 0. The number of hydrogen-bond donors (Lipinski definition) is 0. The monoisotopic (exact) mass is 204 g/mol. The van der Waals surface area contributed by atoms with Crippen LogP contribution in [0, 0.1) is 0 Å². The van der Waals surface area contributed by atoms with Crippen molar-refractivity contribution in [2.24, 2.45) is 4.99 Å². The molecule has 2 nitrogen and oxygen atoms in total. The standard InChI is InChI=1S/C9H8N2.C3H8.CH4/c1-2-6-10-9-5-3-7-11-8(9)4-1;1-3-2;/h1-3,5-7H,4H2;3H2,1-2H3;1H4. The van der Waals surface area contributed by atoms with E-state index in [9.17, 15) is 0 Å². The number of rotatable bonds is 0. The Morgan fingerprint density at radius 2 is 2.07 bits per heavy atom. The van der Waals surface area contributed by atoms with Gasteiger partial charge >= 0.3 is 0 Å². The summed E-state index contributed by atoms with van der Waals surface area (Å²) in [6.45, 7) is 4.25. The minimum atomic E-state index is 0. The van der Waals surface area contributed by atoms with E-state index in [1.165, 1.54) is 6.42 Å². The first-order chi connectivity index (χ1) is 6.88. The Morgan fingerprint density at radius 1 is 1.33 bits per heavy atom. The van der Waals surface area contributed by atoms with Gasteiger partial charge in [0.2, 0.25) is 0 Å². The molecule has 82 valence electrons. The Balaban J connectivity index is 0.000000443. The second-order valence-electron chi connectivity index (χ2n) is 3.09. The third kappa shape index (κ3) is 4.54. The average Bonchev–Trinajstić information content (AvgIpc) is 2.43. The summed E-state index contributed by atoms with van der Waals surface area (Å²) >= 11 is 0. The molecule has 0 fully saturated rings. The molecule has 0 saturated carbocycles. The molecule has 0 saturated heterocycles. The fourth-order valence-corrected chi connectivity index (χ4v) is 1.07. The molecule has 0 radical (unpaired) electrons. The van der Waals surface area contributed by atoms with Gasteiger partial charge in [0.25, 0.3) is 0 Å². The highest BCUT2D eigenvalue weighted by Gasteiger charge is 1.99.